The number of carbonyl (C=O) groups is 1. The molecule has 0 saturated carbocycles. The molecule has 0 bridgehead atoms. The number of aromatic nitrogens is 1. The fraction of sp³-hybridized carbons (Fsp3) is 0.200. The van der Waals surface area contributed by atoms with Gasteiger partial charge in [-0.1, -0.05) is 24.6 Å². The Kier molecular flexibility index (Phi) is 5.11. The summed E-state index contributed by atoms with van der Waals surface area (Å²) < 4.78 is 13.7. The number of hydrogen-bond acceptors (Lipinski definition) is 3. The third-order valence-electron chi connectivity index (χ3n) is 2.80. The number of carbonyl (C=O) groups excluding carboxylic acids is 1. The normalized spacial score (nSPS) is 10.2. The van der Waals surface area contributed by atoms with E-state index in [1.54, 1.807) is 18.3 Å². The molecule has 0 fully saturated rings. The topological polar surface area (TPSA) is 54.0 Å². The molecule has 0 unspecified atom stereocenters. The molecule has 2 aromatic rings. The largest absolute Gasteiger partial charge is 0.369 e. The van der Waals surface area contributed by atoms with Gasteiger partial charge in [0.1, 0.15) is 11.6 Å². The Hall–Kier alpha value is -2.14. The molecule has 0 aliphatic carbocycles. The van der Waals surface area contributed by atoms with Crippen LogP contribution in [-0.4, -0.2) is 17.4 Å². The molecule has 0 aliphatic heterocycles. The van der Waals surface area contributed by atoms with Crippen molar-refractivity contribution in [2.75, 3.05) is 17.2 Å². The summed E-state index contributed by atoms with van der Waals surface area (Å²) in [6, 6.07) is 7.50. The van der Waals surface area contributed by atoms with Crippen LogP contribution in [0.25, 0.3) is 0 Å². The number of nitrogens with one attached hydrogen (secondary N) is 2. The first-order valence-electron chi connectivity index (χ1n) is 6.57. The van der Waals surface area contributed by atoms with E-state index in [1.165, 1.54) is 18.2 Å². The highest BCUT2D eigenvalue weighted by molar-refractivity contribution is 6.34. The van der Waals surface area contributed by atoms with Gasteiger partial charge in [-0.05, 0) is 30.7 Å². The third-order valence-corrected chi connectivity index (χ3v) is 3.11. The summed E-state index contributed by atoms with van der Waals surface area (Å²) >= 11 is 5.90. The zero-order valence-corrected chi connectivity index (χ0v) is 12.2. The Bertz CT molecular complexity index is 628. The first kappa shape index (κ1) is 15.3. The van der Waals surface area contributed by atoms with Crippen LogP contribution in [0.15, 0.2) is 36.5 Å². The van der Waals surface area contributed by atoms with Crippen molar-refractivity contribution in [1.29, 1.82) is 0 Å². The highest BCUT2D eigenvalue weighted by Crippen LogP contribution is 2.25. The predicted octanol–water partition coefficient (Wildman–Crippen LogP) is 3.95. The van der Waals surface area contributed by atoms with Crippen molar-refractivity contribution < 1.29 is 9.18 Å². The number of nitrogens with zero attached hydrogens (tertiary/aromatic N) is 1. The average Bonchev–Trinajstić information content (AvgIpc) is 2.49. The molecule has 6 heteroatoms. The molecule has 2 rings (SSSR count). The Labute approximate surface area is 127 Å². The van der Waals surface area contributed by atoms with E-state index in [1.807, 2.05) is 6.92 Å². The molecule has 21 heavy (non-hydrogen) atoms. The van der Waals surface area contributed by atoms with Crippen molar-refractivity contribution in [2.45, 2.75) is 13.3 Å². The van der Waals surface area contributed by atoms with E-state index in [0.29, 0.717) is 17.9 Å². The van der Waals surface area contributed by atoms with Crippen LogP contribution in [0.3, 0.4) is 0 Å². The summed E-state index contributed by atoms with van der Waals surface area (Å²) in [5.74, 6) is -0.583. The Morgan fingerprint density at radius 1 is 1.33 bits per heavy atom. The van der Waals surface area contributed by atoms with E-state index in [-0.39, 0.29) is 10.7 Å². The van der Waals surface area contributed by atoms with Crippen LogP contribution in [0.5, 0.6) is 0 Å². The molecule has 0 radical (unpaired) electrons. The highest BCUT2D eigenvalue weighted by Gasteiger charge is 2.15. The van der Waals surface area contributed by atoms with Crippen molar-refractivity contribution in [1.82, 2.24) is 4.98 Å². The lowest BCUT2D eigenvalue weighted by atomic mass is 10.2. The van der Waals surface area contributed by atoms with Gasteiger partial charge in [0.25, 0.3) is 5.91 Å². The van der Waals surface area contributed by atoms with Crippen molar-refractivity contribution >= 4 is 29.0 Å². The van der Waals surface area contributed by atoms with Gasteiger partial charge in [0.2, 0.25) is 0 Å². The van der Waals surface area contributed by atoms with Crippen LogP contribution in [0.1, 0.15) is 23.7 Å². The standard InChI is InChI=1S/C15H15ClFN3O/c1-2-8-18-14-10(5-4-9-19-14)15(21)20-13-11(16)6-3-7-12(13)17/h3-7,9H,2,8H2,1H3,(H,18,19)(H,20,21). The maximum absolute atomic E-state index is 13.7. The van der Waals surface area contributed by atoms with E-state index >= 15 is 0 Å². The molecule has 1 aromatic carbocycles. The maximum atomic E-state index is 13.7. The number of rotatable bonds is 5. The SMILES string of the molecule is CCCNc1ncccc1C(=O)Nc1c(F)cccc1Cl. The summed E-state index contributed by atoms with van der Waals surface area (Å²) in [6.45, 7) is 2.70. The maximum Gasteiger partial charge on any atom is 0.259 e. The molecule has 0 spiro atoms. The summed E-state index contributed by atoms with van der Waals surface area (Å²) in [5.41, 5.74) is 0.305. The fourth-order valence-corrected chi connectivity index (χ4v) is 1.98. The van der Waals surface area contributed by atoms with Crippen molar-refractivity contribution in [2.24, 2.45) is 0 Å². The number of benzene rings is 1. The molecule has 1 heterocycles. The molecule has 1 amide bonds. The predicted molar refractivity (Wildman–Crippen MR) is 82.4 cm³/mol. The van der Waals surface area contributed by atoms with Gasteiger partial charge in [-0.15, -0.1) is 0 Å². The second-order valence-electron chi connectivity index (χ2n) is 4.38. The molecule has 4 nitrogen and oxygen atoms in total. The van der Waals surface area contributed by atoms with Gasteiger partial charge in [0.15, 0.2) is 0 Å². The number of anilines is 2. The van der Waals surface area contributed by atoms with Gasteiger partial charge in [-0.25, -0.2) is 9.37 Å². The molecular formula is C15H15ClFN3O. The smallest absolute Gasteiger partial charge is 0.259 e. The molecule has 110 valence electrons. The van der Waals surface area contributed by atoms with E-state index < -0.39 is 11.7 Å². The van der Waals surface area contributed by atoms with E-state index in [0.717, 1.165) is 6.42 Å². The minimum Gasteiger partial charge on any atom is -0.369 e. The second kappa shape index (κ2) is 7.04. The van der Waals surface area contributed by atoms with Gasteiger partial charge in [-0.2, -0.15) is 0 Å². The molecule has 2 N–H and O–H groups in total. The first-order valence-corrected chi connectivity index (χ1v) is 6.95. The van der Waals surface area contributed by atoms with Gasteiger partial charge in [-0.3, -0.25) is 4.79 Å². The molecule has 0 saturated heterocycles. The number of amides is 1. The zero-order valence-electron chi connectivity index (χ0n) is 11.5. The number of para-hydroxylation sites is 1. The number of pyridine rings is 1. The van der Waals surface area contributed by atoms with Crippen LogP contribution in [0, 0.1) is 5.82 Å². The average molecular weight is 308 g/mol. The molecule has 0 aliphatic rings. The van der Waals surface area contributed by atoms with Gasteiger partial charge in [0.05, 0.1) is 16.3 Å². The first-order chi connectivity index (χ1) is 10.1. The minimum atomic E-state index is -0.581. The fourth-order valence-electron chi connectivity index (χ4n) is 1.77. The lowest BCUT2D eigenvalue weighted by Crippen LogP contribution is -2.17. The van der Waals surface area contributed by atoms with Crippen molar-refractivity contribution in [3.8, 4) is 0 Å². The summed E-state index contributed by atoms with van der Waals surface area (Å²) in [6.07, 6.45) is 2.49. The van der Waals surface area contributed by atoms with Crippen LogP contribution >= 0.6 is 11.6 Å². The summed E-state index contributed by atoms with van der Waals surface area (Å²) in [5, 5.41) is 5.69. The number of hydrogen-bond donors (Lipinski definition) is 2. The van der Waals surface area contributed by atoms with Crippen LogP contribution < -0.4 is 10.6 Å². The summed E-state index contributed by atoms with van der Waals surface area (Å²) in [4.78, 5) is 16.4. The Balaban J connectivity index is 2.25. The lowest BCUT2D eigenvalue weighted by Gasteiger charge is -2.11. The third kappa shape index (κ3) is 3.70. The van der Waals surface area contributed by atoms with Crippen LogP contribution in [0.4, 0.5) is 15.9 Å². The lowest BCUT2D eigenvalue weighted by molar-refractivity contribution is 0.102. The van der Waals surface area contributed by atoms with E-state index in [4.69, 9.17) is 11.6 Å². The Morgan fingerprint density at radius 3 is 2.86 bits per heavy atom. The monoisotopic (exact) mass is 307 g/mol. The van der Waals surface area contributed by atoms with Crippen LogP contribution in [0.2, 0.25) is 5.02 Å². The number of halogens is 2. The highest BCUT2D eigenvalue weighted by atomic mass is 35.5. The van der Waals surface area contributed by atoms with Gasteiger partial charge in [0, 0.05) is 12.7 Å². The second-order valence-corrected chi connectivity index (χ2v) is 4.78. The van der Waals surface area contributed by atoms with E-state index in [2.05, 4.69) is 15.6 Å². The Morgan fingerprint density at radius 2 is 2.14 bits per heavy atom. The van der Waals surface area contributed by atoms with Crippen molar-refractivity contribution in [3.05, 3.63) is 52.9 Å². The van der Waals surface area contributed by atoms with Gasteiger partial charge < -0.3 is 10.6 Å². The molecular weight excluding hydrogens is 293 g/mol. The van der Waals surface area contributed by atoms with Gasteiger partial charge >= 0.3 is 0 Å². The van der Waals surface area contributed by atoms with Crippen molar-refractivity contribution in [3.63, 3.8) is 0 Å². The molecule has 0 atom stereocenters. The zero-order chi connectivity index (χ0) is 15.2. The van der Waals surface area contributed by atoms with E-state index in [9.17, 15) is 9.18 Å². The van der Waals surface area contributed by atoms with Crippen LogP contribution in [-0.2, 0) is 0 Å². The quantitative estimate of drug-likeness (QED) is 0.879. The molecule has 1 aromatic heterocycles. The summed E-state index contributed by atoms with van der Waals surface area (Å²) in [7, 11) is 0. The minimum absolute atomic E-state index is 0.0329.